The highest BCUT2D eigenvalue weighted by Gasteiger charge is 2.38. The summed E-state index contributed by atoms with van der Waals surface area (Å²) in [7, 11) is 4.36. The van der Waals surface area contributed by atoms with Crippen LogP contribution in [-0.2, 0) is 0 Å². The van der Waals surface area contributed by atoms with Crippen LogP contribution >= 0.6 is 11.3 Å². The fourth-order valence-corrected chi connectivity index (χ4v) is 3.42. The van der Waals surface area contributed by atoms with Gasteiger partial charge in [-0.2, -0.15) is 0 Å². The minimum Gasteiger partial charge on any atom is -0.360 e. The summed E-state index contributed by atoms with van der Waals surface area (Å²) in [6.45, 7) is 1.000. The number of benzene rings is 1. The molecule has 0 unspecified atom stereocenters. The number of hydrogen-bond donors (Lipinski definition) is 1. The Bertz CT molecular complexity index is 510. The number of para-hydroxylation sites is 1. The molecule has 4 heteroatoms. The molecule has 1 fully saturated rings. The highest BCUT2D eigenvalue weighted by atomic mass is 32.1. The van der Waals surface area contributed by atoms with Crippen LogP contribution in [0.2, 0.25) is 0 Å². The van der Waals surface area contributed by atoms with Gasteiger partial charge in [0.05, 0.1) is 10.2 Å². The standard InChI is InChI=1S/C14H19N3S/c1-17(2)14(8-5-9-14)10-15-13-16-11-6-3-4-7-12(11)18-13/h3-4,6-7H,5,8-10H2,1-2H3,(H,15,16). The molecule has 0 aliphatic heterocycles. The van der Waals surface area contributed by atoms with Gasteiger partial charge in [0.25, 0.3) is 0 Å². The fraction of sp³-hybridized carbons (Fsp3) is 0.500. The van der Waals surface area contributed by atoms with Gasteiger partial charge in [-0.3, -0.25) is 0 Å². The SMILES string of the molecule is CN(C)C1(CNc2nc3ccccc3s2)CCC1. The smallest absolute Gasteiger partial charge is 0.183 e. The van der Waals surface area contributed by atoms with E-state index in [4.69, 9.17) is 0 Å². The second-order valence-electron chi connectivity index (χ2n) is 5.31. The number of thiazole rings is 1. The van der Waals surface area contributed by atoms with Crippen LogP contribution in [-0.4, -0.2) is 36.1 Å². The number of likely N-dealkylation sites (N-methyl/N-ethyl adjacent to an activating group) is 1. The zero-order valence-corrected chi connectivity index (χ0v) is 11.8. The number of fused-ring (bicyclic) bond motifs is 1. The fourth-order valence-electron chi connectivity index (χ4n) is 2.55. The van der Waals surface area contributed by atoms with Crippen molar-refractivity contribution in [3.63, 3.8) is 0 Å². The minimum absolute atomic E-state index is 0.345. The second-order valence-corrected chi connectivity index (χ2v) is 6.34. The summed E-state index contributed by atoms with van der Waals surface area (Å²) in [6, 6.07) is 8.31. The van der Waals surface area contributed by atoms with Crippen LogP contribution < -0.4 is 5.32 Å². The Balaban J connectivity index is 1.73. The molecule has 3 rings (SSSR count). The van der Waals surface area contributed by atoms with Crippen LogP contribution in [0, 0.1) is 0 Å². The maximum Gasteiger partial charge on any atom is 0.183 e. The first-order chi connectivity index (χ1) is 8.70. The maximum atomic E-state index is 4.62. The topological polar surface area (TPSA) is 28.2 Å². The van der Waals surface area contributed by atoms with Crippen molar-refractivity contribution in [1.82, 2.24) is 9.88 Å². The van der Waals surface area contributed by atoms with E-state index < -0.39 is 0 Å². The summed E-state index contributed by atoms with van der Waals surface area (Å²) in [6.07, 6.45) is 3.93. The van der Waals surface area contributed by atoms with Crippen LogP contribution in [0.25, 0.3) is 10.2 Å². The van der Waals surface area contributed by atoms with E-state index >= 15 is 0 Å². The van der Waals surface area contributed by atoms with Crippen molar-refractivity contribution in [3.05, 3.63) is 24.3 Å². The predicted octanol–water partition coefficient (Wildman–Crippen LogP) is 3.19. The molecule has 1 aliphatic rings. The molecule has 1 aromatic heterocycles. The van der Waals surface area contributed by atoms with Crippen LogP contribution in [0.5, 0.6) is 0 Å². The number of hydrogen-bond acceptors (Lipinski definition) is 4. The summed E-state index contributed by atoms with van der Waals surface area (Å²) in [5.74, 6) is 0. The Kier molecular flexibility index (Phi) is 2.99. The molecule has 96 valence electrons. The van der Waals surface area contributed by atoms with E-state index in [1.807, 2.05) is 6.07 Å². The lowest BCUT2D eigenvalue weighted by molar-refractivity contribution is 0.0739. The summed E-state index contributed by atoms with van der Waals surface area (Å²) in [5.41, 5.74) is 1.44. The number of anilines is 1. The highest BCUT2D eigenvalue weighted by Crippen LogP contribution is 2.36. The van der Waals surface area contributed by atoms with Gasteiger partial charge < -0.3 is 10.2 Å². The van der Waals surface area contributed by atoms with Gasteiger partial charge in [-0.15, -0.1) is 0 Å². The summed E-state index contributed by atoms with van der Waals surface area (Å²) in [5, 5.41) is 4.57. The van der Waals surface area contributed by atoms with E-state index in [2.05, 4.69) is 47.5 Å². The Morgan fingerprint density at radius 1 is 1.33 bits per heavy atom. The van der Waals surface area contributed by atoms with Gasteiger partial charge >= 0.3 is 0 Å². The molecule has 3 nitrogen and oxygen atoms in total. The molecule has 0 amide bonds. The van der Waals surface area contributed by atoms with E-state index in [-0.39, 0.29) is 0 Å². The van der Waals surface area contributed by atoms with Gasteiger partial charge in [0.1, 0.15) is 0 Å². The zero-order valence-electron chi connectivity index (χ0n) is 10.9. The molecule has 1 N–H and O–H groups in total. The monoisotopic (exact) mass is 261 g/mol. The average Bonchev–Trinajstić information content (AvgIpc) is 2.69. The Morgan fingerprint density at radius 3 is 2.72 bits per heavy atom. The first-order valence-corrected chi connectivity index (χ1v) is 7.28. The largest absolute Gasteiger partial charge is 0.360 e. The van der Waals surface area contributed by atoms with Gasteiger partial charge in [-0.05, 0) is 45.5 Å². The summed E-state index contributed by atoms with van der Waals surface area (Å²) >= 11 is 1.74. The molecule has 0 atom stereocenters. The quantitative estimate of drug-likeness (QED) is 0.916. The molecule has 0 radical (unpaired) electrons. The Morgan fingerprint density at radius 2 is 2.11 bits per heavy atom. The molecule has 1 aliphatic carbocycles. The highest BCUT2D eigenvalue weighted by molar-refractivity contribution is 7.22. The van der Waals surface area contributed by atoms with Crippen LogP contribution in [0.3, 0.4) is 0 Å². The van der Waals surface area contributed by atoms with Gasteiger partial charge in [0, 0.05) is 12.1 Å². The first-order valence-electron chi connectivity index (χ1n) is 6.47. The van der Waals surface area contributed by atoms with Crippen molar-refractivity contribution in [2.75, 3.05) is 26.0 Å². The third kappa shape index (κ3) is 1.99. The number of nitrogens with one attached hydrogen (secondary N) is 1. The van der Waals surface area contributed by atoms with Crippen molar-refractivity contribution in [1.29, 1.82) is 0 Å². The normalized spacial score (nSPS) is 17.9. The van der Waals surface area contributed by atoms with Gasteiger partial charge in [0.2, 0.25) is 0 Å². The molecule has 0 saturated heterocycles. The van der Waals surface area contributed by atoms with Gasteiger partial charge in [-0.25, -0.2) is 4.98 Å². The first kappa shape index (κ1) is 11.9. The third-order valence-corrected chi connectivity index (χ3v) is 5.09. The number of aromatic nitrogens is 1. The molecule has 18 heavy (non-hydrogen) atoms. The van der Waals surface area contributed by atoms with E-state index in [0.717, 1.165) is 17.2 Å². The van der Waals surface area contributed by atoms with E-state index in [1.165, 1.54) is 24.0 Å². The van der Waals surface area contributed by atoms with Crippen molar-refractivity contribution in [3.8, 4) is 0 Å². The molecule has 1 saturated carbocycles. The average molecular weight is 261 g/mol. The van der Waals surface area contributed by atoms with E-state index in [9.17, 15) is 0 Å². The minimum atomic E-state index is 0.345. The van der Waals surface area contributed by atoms with Crippen LogP contribution in [0.15, 0.2) is 24.3 Å². The van der Waals surface area contributed by atoms with Crippen molar-refractivity contribution in [2.45, 2.75) is 24.8 Å². The number of rotatable bonds is 4. The summed E-state index contributed by atoms with van der Waals surface area (Å²) < 4.78 is 1.26. The molecule has 2 aromatic rings. The van der Waals surface area contributed by atoms with Crippen molar-refractivity contribution >= 4 is 26.7 Å². The number of nitrogens with zero attached hydrogens (tertiary/aromatic N) is 2. The molecule has 0 bridgehead atoms. The van der Waals surface area contributed by atoms with Crippen LogP contribution in [0.4, 0.5) is 5.13 Å². The molecule has 0 spiro atoms. The van der Waals surface area contributed by atoms with Crippen molar-refractivity contribution < 1.29 is 0 Å². The maximum absolute atomic E-state index is 4.62. The lowest BCUT2D eigenvalue weighted by atomic mass is 9.75. The van der Waals surface area contributed by atoms with Gasteiger partial charge in [-0.1, -0.05) is 23.5 Å². The predicted molar refractivity (Wildman–Crippen MR) is 78.4 cm³/mol. The van der Waals surface area contributed by atoms with E-state index in [1.54, 1.807) is 11.3 Å². The molecule has 1 aromatic carbocycles. The summed E-state index contributed by atoms with van der Waals surface area (Å²) in [4.78, 5) is 6.98. The third-order valence-electron chi connectivity index (χ3n) is 4.10. The van der Waals surface area contributed by atoms with Gasteiger partial charge in [0.15, 0.2) is 5.13 Å². The van der Waals surface area contributed by atoms with Crippen molar-refractivity contribution in [2.24, 2.45) is 0 Å². The lowest BCUT2D eigenvalue weighted by Crippen LogP contribution is -2.54. The molecule has 1 heterocycles. The van der Waals surface area contributed by atoms with Crippen LogP contribution in [0.1, 0.15) is 19.3 Å². The molecular formula is C14H19N3S. The molecular weight excluding hydrogens is 242 g/mol. The lowest BCUT2D eigenvalue weighted by Gasteiger charge is -2.47. The van der Waals surface area contributed by atoms with E-state index in [0.29, 0.717) is 5.54 Å². The zero-order chi connectivity index (χ0) is 12.6. The Hall–Kier alpha value is -1.13. The second kappa shape index (κ2) is 4.52. The Labute approximate surface area is 112 Å².